The molecule has 2 aromatic carbocycles. The van der Waals surface area contributed by atoms with Crippen LogP contribution in [-0.2, 0) is 33.1 Å². The van der Waals surface area contributed by atoms with Gasteiger partial charge in [-0.15, -0.1) is 0 Å². The van der Waals surface area contributed by atoms with Crippen LogP contribution in [0.25, 0.3) is 11.0 Å². The number of hydrogen-bond acceptors (Lipinski definition) is 10. The van der Waals surface area contributed by atoms with Crippen LogP contribution in [0.3, 0.4) is 0 Å². The fourth-order valence-corrected chi connectivity index (χ4v) is 7.30. The number of nitrogens with zero attached hydrogens (tertiary/aromatic N) is 5. The topological polar surface area (TPSA) is 100 Å². The molecule has 8 rings (SSSR count). The van der Waals surface area contributed by atoms with E-state index >= 15 is 0 Å². The number of halogens is 2. The highest BCUT2D eigenvalue weighted by atomic mass is 35.5. The number of methoxy groups -OCH3 is 1. The molecule has 0 spiro atoms. The summed E-state index contributed by atoms with van der Waals surface area (Å²) in [5.41, 5.74) is 3.46. The highest BCUT2D eigenvalue weighted by molar-refractivity contribution is 6.35. The lowest BCUT2D eigenvalue weighted by Gasteiger charge is -2.44. The first kappa shape index (κ1) is 29.8. The molecule has 0 saturated carbocycles. The maximum absolute atomic E-state index is 12.4. The third-order valence-electron chi connectivity index (χ3n) is 9.41. The van der Waals surface area contributed by atoms with E-state index < -0.39 is 11.8 Å². The average Bonchev–Trinajstić information content (AvgIpc) is 3.75. The zero-order valence-corrected chi connectivity index (χ0v) is 27.0. The fraction of sp³-hybridized carbons (Fsp3) is 0.424. The van der Waals surface area contributed by atoms with Crippen molar-refractivity contribution in [2.45, 2.75) is 50.4 Å². The van der Waals surface area contributed by atoms with E-state index in [1.807, 2.05) is 31.2 Å². The quantitative estimate of drug-likeness (QED) is 0.249. The molecule has 240 valence electrons. The van der Waals surface area contributed by atoms with E-state index in [0.717, 1.165) is 43.1 Å². The third kappa shape index (κ3) is 5.05. The maximum atomic E-state index is 12.4. The van der Waals surface area contributed by atoms with Crippen molar-refractivity contribution < 1.29 is 28.5 Å². The summed E-state index contributed by atoms with van der Waals surface area (Å²) in [6.07, 6.45) is 2.66. The average molecular weight is 667 g/mol. The van der Waals surface area contributed by atoms with E-state index in [2.05, 4.69) is 25.4 Å². The lowest BCUT2D eigenvalue weighted by atomic mass is 10.0. The number of piperazine rings is 1. The first-order valence-corrected chi connectivity index (χ1v) is 16.2. The Labute approximate surface area is 275 Å². The molecule has 0 N–H and O–H groups in total. The molecular weight excluding hydrogens is 633 g/mol. The monoisotopic (exact) mass is 665 g/mol. The number of rotatable bonds is 7. The lowest BCUT2D eigenvalue weighted by Crippen LogP contribution is -2.59. The Morgan fingerprint density at radius 2 is 1.96 bits per heavy atom. The van der Waals surface area contributed by atoms with Crippen molar-refractivity contribution in [3.05, 3.63) is 75.8 Å². The van der Waals surface area contributed by atoms with Crippen LogP contribution < -0.4 is 14.4 Å². The predicted molar refractivity (Wildman–Crippen MR) is 171 cm³/mol. The summed E-state index contributed by atoms with van der Waals surface area (Å²) in [5, 5.41) is 0.968. The number of imidazole rings is 1. The van der Waals surface area contributed by atoms with Gasteiger partial charge in [-0.1, -0.05) is 29.3 Å². The second-order valence-electron chi connectivity index (χ2n) is 12.2. The van der Waals surface area contributed by atoms with Gasteiger partial charge in [-0.3, -0.25) is 9.88 Å². The van der Waals surface area contributed by atoms with Crippen molar-refractivity contribution >= 4 is 45.9 Å². The molecule has 4 aromatic rings. The number of esters is 1. The summed E-state index contributed by atoms with van der Waals surface area (Å²) >= 11 is 12.8. The van der Waals surface area contributed by atoms with Gasteiger partial charge in [0, 0.05) is 32.8 Å². The first-order valence-electron chi connectivity index (χ1n) is 15.4. The second kappa shape index (κ2) is 11.6. The van der Waals surface area contributed by atoms with Crippen LogP contribution in [0, 0.1) is 0 Å². The second-order valence-corrected chi connectivity index (χ2v) is 13.0. The molecule has 4 atom stereocenters. The van der Waals surface area contributed by atoms with Gasteiger partial charge in [0.25, 0.3) is 5.79 Å². The van der Waals surface area contributed by atoms with E-state index in [9.17, 15) is 4.79 Å². The van der Waals surface area contributed by atoms with Gasteiger partial charge >= 0.3 is 5.97 Å². The molecule has 4 aliphatic heterocycles. The Kier molecular flexibility index (Phi) is 7.49. The molecule has 6 heterocycles. The molecule has 0 bridgehead atoms. The van der Waals surface area contributed by atoms with Crippen molar-refractivity contribution in [1.82, 2.24) is 19.4 Å². The summed E-state index contributed by atoms with van der Waals surface area (Å²) in [6, 6.07) is 13.2. The van der Waals surface area contributed by atoms with Crippen LogP contribution in [0.4, 0.5) is 5.69 Å². The van der Waals surface area contributed by atoms with Crippen LogP contribution in [-0.4, -0.2) is 83.6 Å². The van der Waals surface area contributed by atoms with E-state index in [-0.39, 0.29) is 18.2 Å². The van der Waals surface area contributed by atoms with E-state index in [4.69, 9.17) is 51.9 Å². The highest BCUT2D eigenvalue weighted by Gasteiger charge is 2.46. The molecule has 4 aliphatic rings. The Hall–Kier alpha value is -3.61. The maximum Gasteiger partial charge on any atom is 0.337 e. The number of hydrogen-bond donors (Lipinski definition) is 0. The van der Waals surface area contributed by atoms with Gasteiger partial charge in [0.15, 0.2) is 11.5 Å². The summed E-state index contributed by atoms with van der Waals surface area (Å²) < 4.78 is 31.9. The summed E-state index contributed by atoms with van der Waals surface area (Å²) in [6.45, 7) is 6.55. The van der Waals surface area contributed by atoms with Crippen molar-refractivity contribution in [3.63, 3.8) is 0 Å². The SMILES string of the molecule is COC(=O)c1cc(Cl)c2nc(CN3CCN(c4cccc5c4OC(C)(c4ccc(Cl)cn4)O5)[C@H]4COC[C@H]43)n(C[C@@H]3CCO3)c2c1. The normalized spacial score (nSPS) is 25.5. The van der Waals surface area contributed by atoms with Crippen LogP contribution >= 0.6 is 23.2 Å². The predicted octanol–water partition coefficient (Wildman–Crippen LogP) is 5.05. The Morgan fingerprint density at radius 3 is 2.72 bits per heavy atom. The Balaban J connectivity index is 1.08. The molecule has 3 fully saturated rings. The van der Waals surface area contributed by atoms with Gasteiger partial charge in [-0.05, 0) is 42.8 Å². The van der Waals surface area contributed by atoms with Gasteiger partial charge in [0.2, 0.25) is 0 Å². The minimum atomic E-state index is -1.07. The number of aromatic nitrogens is 3. The largest absolute Gasteiger partial charge is 0.465 e. The molecule has 11 nitrogen and oxygen atoms in total. The van der Waals surface area contributed by atoms with Crippen LogP contribution in [0.1, 0.15) is 35.2 Å². The number of carbonyl (C=O) groups is 1. The smallest absolute Gasteiger partial charge is 0.337 e. The number of pyridine rings is 1. The molecule has 3 saturated heterocycles. The minimum Gasteiger partial charge on any atom is -0.465 e. The van der Waals surface area contributed by atoms with Gasteiger partial charge in [0.05, 0.1) is 78.4 Å². The van der Waals surface area contributed by atoms with Crippen molar-refractivity contribution in [1.29, 1.82) is 0 Å². The number of fused-ring (bicyclic) bond motifs is 3. The summed E-state index contributed by atoms with van der Waals surface area (Å²) in [4.78, 5) is 26.7. The molecule has 1 unspecified atom stereocenters. The van der Waals surface area contributed by atoms with Gasteiger partial charge < -0.3 is 33.2 Å². The number of benzene rings is 2. The standard InChI is InChI=1S/C33H33Cl2N5O6/c1-33(28-7-6-20(34)14-36-28)45-27-5-3-4-23(31(27)46-33)39-10-9-38(25-17-43-18-26(25)39)16-29-37-30-22(35)12-19(32(41)42-2)13-24(30)40(29)15-21-8-11-44-21/h3-7,12-14,21,25-26H,8-11,15-18H2,1-2H3/t21-,25+,26-,33?/m0/s1. The van der Waals surface area contributed by atoms with Crippen molar-refractivity contribution in [3.8, 4) is 11.5 Å². The number of anilines is 1. The molecular formula is C33H33Cl2N5O6. The Morgan fingerprint density at radius 1 is 1.11 bits per heavy atom. The van der Waals surface area contributed by atoms with Crippen molar-refractivity contribution in [2.24, 2.45) is 0 Å². The molecule has 13 heteroatoms. The zero-order valence-electron chi connectivity index (χ0n) is 25.4. The number of ether oxygens (including phenoxy) is 5. The minimum absolute atomic E-state index is 0.0895. The molecule has 0 amide bonds. The van der Waals surface area contributed by atoms with Gasteiger partial charge in [0.1, 0.15) is 17.0 Å². The number of para-hydroxylation sites is 1. The van der Waals surface area contributed by atoms with E-state index in [1.165, 1.54) is 7.11 Å². The fourth-order valence-electron chi connectivity index (χ4n) is 6.93. The zero-order chi connectivity index (χ0) is 31.6. The van der Waals surface area contributed by atoms with E-state index in [0.29, 0.717) is 64.6 Å². The molecule has 0 aliphatic carbocycles. The third-order valence-corrected chi connectivity index (χ3v) is 9.92. The number of carbonyl (C=O) groups excluding carboxylic acids is 1. The molecule has 0 radical (unpaired) electrons. The Bertz CT molecular complexity index is 1810. The summed E-state index contributed by atoms with van der Waals surface area (Å²) in [7, 11) is 1.36. The van der Waals surface area contributed by atoms with Gasteiger partial charge in [-0.25, -0.2) is 9.78 Å². The van der Waals surface area contributed by atoms with Crippen molar-refractivity contribution in [2.75, 3.05) is 44.9 Å². The van der Waals surface area contributed by atoms with Crippen LogP contribution in [0.5, 0.6) is 11.5 Å². The molecule has 46 heavy (non-hydrogen) atoms. The van der Waals surface area contributed by atoms with E-state index in [1.54, 1.807) is 18.3 Å². The highest BCUT2D eigenvalue weighted by Crippen LogP contribution is 2.50. The summed E-state index contributed by atoms with van der Waals surface area (Å²) in [5.74, 6) is 0.724. The lowest BCUT2D eigenvalue weighted by molar-refractivity contribution is -0.0716. The first-order chi connectivity index (χ1) is 22.3. The van der Waals surface area contributed by atoms with Crippen LogP contribution in [0.2, 0.25) is 10.0 Å². The molecule has 2 aromatic heterocycles. The van der Waals surface area contributed by atoms with Gasteiger partial charge in [-0.2, -0.15) is 0 Å². The van der Waals surface area contributed by atoms with Crippen LogP contribution in [0.15, 0.2) is 48.7 Å².